The minimum absolute atomic E-state index is 0.241. The highest BCUT2D eigenvalue weighted by Crippen LogP contribution is 2.56. The van der Waals surface area contributed by atoms with Crippen LogP contribution in [0.25, 0.3) is 0 Å². The number of hydrogen-bond acceptors (Lipinski definition) is 2. The van der Waals surface area contributed by atoms with Crippen molar-refractivity contribution in [1.82, 2.24) is 0 Å². The first-order chi connectivity index (χ1) is 6.45. The Morgan fingerprint density at radius 3 is 2.57 bits per heavy atom. The van der Waals surface area contributed by atoms with Gasteiger partial charge in [0.1, 0.15) is 17.7 Å². The minimum Gasteiger partial charge on any atom is -0.466 e. The summed E-state index contributed by atoms with van der Waals surface area (Å²) in [6.07, 6.45) is -0.190. The molecule has 0 spiro atoms. The molecule has 0 aromatic carbocycles. The lowest BCUT2D eigenvalue weighted by molar-refractivity contribution is 0.329. The van der Waals surface area contributed by atoms with E-state index in [0.29, 0.717) is 6.42 Å². The Bertz CT molecular complexity index is 360. The molecule has 3 atom stereocenters. The molecular formula is C11H16FNO. The van der Waals surface area contributed by atoms with Gasteiger partial charge in [0, 0.05) is 17.0 Å². The Hall–Kier alpha value is -0.830. The van der Waals surface area contributed by atoms with Crippen LogP contribution in [-0.4, -0.2) is 6.17 Å². The van der Waals surface area contributed by atoms with E-state index in [1.165, 1.54) is 0 Å². The van der Waals surface area contributed by atoms with Gasteiger partial charge in [-0.2, -0.15) is 0 Å². The lowest BCUT2D eigenvalue weighted by Gasteiger charge is -2.17. The lowest BCUT2D eigenvalue weighted by Crippen LogP contribution is -2.22. The molecule has 3 unspecified atom stereocenters. The molecule has 0 aliphatic heterocycles. The highest BCUT2D eigenvalue weighted by Gasteiger charge is 2.56. The Morgan fingerprint density at radius 1 is 1.64 bits per heavy atom. The molecule has 1 heterocycles. The van der Waals surface area contributed by atoms with Crippen molar-refractivity contribution in [2.75, 3.05) is 0 Å². The normalized spacial score (nSPS) is 33.1. The molecule has 2 N–H and O–H groups in total. The Morgan fingerprint density at radius 2 is 2.21 bits per heavy atom. The van der Waals surface area contributed by atoms with Crippen LogP contribution in [0, 0.1) is 19.3 Å². The van der Waals surface area contributed by atoms with Crippen LogP contribution in [0.4, 0.5) is 4.39 Å². The average Bonchev–Trinajstić information content (AvgIpc) is 2.54. The van der Waals surface area contributed by atoms with Crippen molar-refractivity contribution in [2.45, 2.75) is 39.4 Å². The van der Waals surface area contributed by atoms with Gasteiger partial charge in [-0.25, -0.2) is 4.39 Å². The molecule has 1 aliphatic carbocycles. The van der Waals surface area contributed by atoms with Crippen LogP contribution in [0.3, 0.4) is 0 Å². The van der Waals surface area contributed by atoms with Gasteiger partial charge in [0.2, 0.25) is 0 Å². The third kappa shape index (κ3) is 1.27. The zero-order chi connectivity index (χ0) is 10.5. The quantitative estimate of drug-likeness (QED) is 0.791. The van der Waals surface area contributed by atoms with Crippen LogP contribution >= 0.6 is 0 Å². The topological polar surface area (TPSA) is 39.2 Å². The largest absolute Gasteiger partial charge is 0.466 e. The molecule has 1 aliphatic rings. The zero-order valence-corrected chi connectivity index (χ0v) is 8.80. The second kappa shape index (κ2) is 2.83. The van der Waals surface area contributed by atoms with E-state index in [2.05, 4.69) is 0 Å². The molecule has 2 nitrogen and oxygen atoms in total. The molecule has 1 aromatic heterocycles. The Balaban J connectivity index is 2.27. The van der Waals surface area contributed by atoms with Crippen LogP contribution in [0.2, 0.25) is 0 Å². The van der Waals surface area contributed by atoms with Crippen LogP contribution in [-0.2, 0) is 0 Å². The van der Waals surface area contributed by atoms with Crippen molar-refractivity contribution in [3.8, 4) is 0 Å². The highest BCUT2D eigenvalue weighted by atomic mass is 19.1. The van der Waals surface area contributed by atoms with Gasteiger partial charge in [0.25, 0.3) is 0 Å². The predicted octanol–water partition coefficient (Wildman–Crippen LogP) is 2.64. The van der Waals surface area contributed by atoms with E-state index in [9.17, 15) is 4.39 Å². The standard InChI is InChI=1S/C11H16FNO/c1-6-4-8(7(2)14-6)10(13)11(3)5-9(11)12/h4,9-10H,5,13H2,1-3H3. The summed E-state index contributed by atoms with van der Waals surface area (Å²) in [5.74, 6) is 1.66. The van der Waals surface area contributed by atoms with Crippen molar-refractivity contribution in [3.63, 3.8) is 0 Å². The molecule has 3 heteroatoms. The summed E-state index contributed by atoms with van der Waals surface area (Å²) in [4.78, 5) is 0. The molecule has 1 aromatic rings. The monoisotopic (exact) mass is 197 g/mol. The predicted molar refractivity (Wildman–Crippen MR) is 52.7 cm³/mol. The molecule has 14 heavy (non-hydrogen) atoms. The maximum atomic E-state index is 13.1. The van der Waals surface area contributed by atoms with E-state index in [4.69, 9.17) is 10.2 Å². The number of furan rings is 1. The summed E-state index contributed by atoms with van der Waals surface area (Å²) in [7, 11) is 0. The molecule has 0 saturated heterocycles. The second-order valence-corrected chi connectivity index (χ2v) is 4.52. The Kier molecular flexibility index (Phi) is 1.96. The van der Waals surface area contributed by atoms with Crippen LogP contribution < -0.4 is 5.73 Å². The summed E-state index contributed by atoms with van der Waals surface area (Å²) in [6.45, 7) is 5.65. The Labute approximate surface area is 83.3 Å². The number of rotatable bonds is 2. The van der Waals surface area contributed by atoms with Gasteiger partial charge < -0.3 is 10.2 Å². The number of aryl methyl sites for hydroxylation is 2. The van der Waals surface area contributed by atoms with E-state index >= 15 is 0 Å². The molecule has 1 fully saturated rings. The van der Waals surface area contributed by atoms with Crippen molar-refractivity contribution >= 4 is 0 Å². The fraction of sp³-hybridized carbons (Fsp3) is 0.636. The SMILES string of the molecule is Cc1cc(C(N)C2(C)CC2F)c(C)o1. The molecule has 2 rings (SSSR count). The molecule has 0 radical (unpaired) electrons. The van der Waals surface area contributed by atoms with Crippen LogP contribution in [0.1, 0.15) is 36.5 Å². The molecule has 1 saturated carbocycles. The van der Waals surface area contributed by atoms with E-state index < -0.39 is 6.17 Å². The summed E-state index contributed by atoms with van der Waals surface area (Å²) in [5, 5.41) is 0. The highest BCUT2D eigenvalue weighted by molar-refractivity contribution is 5.28. The summed E-state index contributed by atoms with van der Waals surface area (Å²) in [6, 6.07) is 1.67. The van der Waals surface area contributed by atoms with Gasteiger partial charge in [0.05, 0.1) is 0 Å². The molecular weight excluding hydrogens is 181 g/mol. The van der Waals surface area contributed by atoms with Crippen molar-refractivity contribution in [2.24, 2.45) is 11.1 Å². The molecule has 78 valence electrons. The third-order valence-electron chi connectivity index (χ3n) is 3.30. The third-order valence-corrected chi connectivity index (χ3v) is 3.30. The summed E-state index contributed by atoms with van der Waals surface area (Å²) < 4.78 is 18.5. The van der Waals surface area contributed by atoms with E-state index in [-0.39, 0.29) is 11.5 Å². The molecule has 0 amide bonds. The number of hydrogen-bond donors (Lipinski definition) is 1. The maximum absolute atomic E-state index is 13.1. The first-order valence-electron chi connectivity index (χ1n) is 4.91. The maximum Gasteiger partial charge on any atom is 0.108 e. The van der Waals surface area contributed by atoms with Gasteiger partial charge in [-0.05, 0) is 26.3 Å². The number of nitrogens with two attached hydrogens (primary N) is 1. The zero-order valence-electron chi connectivity index (χ0n) is 8.80. The van der Waals surface area contributed by atoms with Gasteiger partial charge in [-0.1, -0.05) is 6.92 Å². The fourth-order valence-corrected chi connectivity index (χ4v) is 1.96. The first-order valence-corrected chi connectivity index (χ1v) is 4.91. The van der Waals surface area contributed by atoms with E-state index in [1.54, 1.807) is 0 Å². The minimum atomic E-state index is -0.757. The average molecular weight is 197 g/mol. The van der Waals surface area contributed by atoms with E-state index in [0.717, 1.165) is 17.1 Å². The van der Waals surface area contributed by atoms with Gasteiger partial charge in [-0.3, -0.25) is 0 Å². The summed E-state index contributed by atoms with van der Waals surface area (Å²) >= 11 is 0. The van der Waals surface area contributed by atoms with E-state index in [1.807, 2.05) is 26.8 Å². The van der Waals surface area contributed by atoms with Gasteiger partial charge >= 0.3 is 0 Å². The van der Waals surface area contributed by atoms with Crippen molar-refractivity contribution < 1.29 is 8.81 Å². The van der Waals surface area contributed by atoms with Crippen molar-refractivity contribution in [1.29, 1.82) is 0 Å². The number of alkyl halides is 1. The lowest BCUT2D eigenvalue weighted by atomic mass is 9.92. The molecule has 0 bridgehead atoms. The van der Waals surface area contributed by atoms with Crippen molar-refractivity contribution in [3.05, 3.63) is 23.2 Å². The first kappa shape index (κ1) is 9.71. The summed E-state index contributed by atoms with van der Waals surface area (Å²) in [5.41, 5.74) is 6.61. The van der Waals surface area contributed by atoms with Gasteiger partial charge in [0.15, 0.2) is 0 Å². The van der Waals surface area contributed by atoms with Crippen LogP contribution in [0.15, 0.2) is 10.5 Å². The fourth-order valence-electron chi connectivity index (χ4n) is 1.96. The van der Waals surface area contributed by atoms with Gasteiger partial charge in [-0.15, -0.1) is 0 Å². The number of halogens is 1. The smallest absolute Gasteiger partial charge is 0.108 e. The van der Waals surface area contributed by atoms with Crippen LogP contribution in [0.5, 0.6) is 0 Å². The second-order valence-electron chi connectivity index (χ2n) is 4.52.